The lowest BCUT2D eigenvalue weighted by atomic mass is 10.2. The first-order valence-electron chi connectivity index (χ1n) is 8.66. The van der Waals surface area contributed by atoms with Gasteiger partial charge in [0.1, 0.15) is 0 Å². The summed E-state index contributed by atoms with van der Waals surface area (Å²) in [5.74, 6) is 0.750. The van der Waals surface area contributed by atoms with Crippen molar-refractivity contribution < 1.29 is 0 Å². The molecule has 3 rings (SSSR count). The van der Waals surface area contributed by atoms with E-state index in [0.717, 1.165) is 48.9 Å². The van der Waals surface area contributed by atoms with Crippen LogP contribution in [0.5, 0.6) is 0 Å². The second kappa shape index (κ2) is 6.77. The Balaban J connectivity index is 2.08. The highest BCUT2D eigenvalue weighted by Gasteiger charge is 2.26. The molecule has 0 atom stereocenters. The van der Waals surface area contributed by atoms with Crippen LogP contribution in [0.1, 0.15) is 36.6 Å². The Kier molecular flexibility index (Phi) is 4.71. The Morgan fingerprint density at radius 3 is 2.46 bits per heavy atom. The number of hydrogen-bond donors (Lipinski definition) is 0. The van der Waals surface area contributed by atoms with Crippen LogP contribution in [0.3, 0.4) is 0 Å². The first-order valence-corrected chi connectivity index (χ1v) is 8.66. The second-order valence-electron chi connectivity index (χ2n) is 6.65. The van der Waals surface area contributed by atoms with Gasteiger partial charge < -0.3 is 0 Å². The minimum atomic E-state index is 0.0656. The number of aromatic nitrogens is 2. The van der Waals surface area contributed by atoms with Gasteiger partial charge in [0, 0.05) is 23.5 Å². The first kappa shape index (κ1) is 16.7. The number of anilines is 2. The first-order chi connectivity index (χ1) is 11.5. The van der Waals surface area contributed by atoms with Crippen LogP contribution in [-0.2, 0) is 6.67 Å². The highest BCUT2D eigenvalue weighted by atomic mass is 16.1. The Morgan fingerprint density at radius 1 is 1.08 bits per heavy atom. The molecule has 0 unspecified atom stereocenters. The average Bonchev–Trinajstić information content (AvgIpc) is 2.58. The van der Waals surface area contributed by atoms with E-state index >= 15 is 0 Å². The number of aryl methyl sites for hydroxylation is 2. The van der Waals surface area contributed by atoms with E-state index in [-0.39, 0.29) is 5.56 Å². The molecule has 1 aromatic heterocycles. The summed E-state index contributed by atoms with van der Waals surface area (Å²) >= 11 is 0. The summed E-state index contributed by atoms with van der Waals surface area (Å²) < 4.78 is 1.81. The zero-order valence-electron chi connectivity index (χ0n) is 15.0. The smallest absolute Gasteiger partial charge is 0.259 e. The van der Waals surface area contributed by atoms with Gasteiger partial charge in [0.25, 0.3) is 5.56 Å². The minimum absolute atomic E-state index is 0.0656. The molecule has 24 heavy (non-hydrogen) atoms. The molecule has 1 aromatic carbocycles. The topological polar surface area (TPSA) is 41.4 Å². The molecule has 0 spiro atoms. The quantitative estimate of drug-likeness (QED) is 0.864. The number of nitrogens with zero attached hydrogens (tertiary/aromatic N) is 4. The molecule has 0 radical (unpaired) electrons. The summed E-state index contributed by atoms with van der Waals surface area (Å²) in [5, 5.41) is 0. The van der Waals surface area contributed by atoms with Crippen molar-refractivity contribution in [2.24, 2.45) is 0 Å². The summed E-state index contributed by atoms with van der Waals surface area (Å²) in [6.07, 6.45) is 2.28. The molecule has 128 valence electrons. The normalized spacial score (nSPS) is 14.8. The molecule has 2 heterocycles. The minimum Gasteiger partial charge on any atom is -0.298 e. The van der Waals surface area contributed by atoms with Gasteiger partial charge in [-0.3, -0.25) is 19.2 Å². The molecule has 0 saturated carbocycles. The van der Waals surface area contributed by atoms with E-state index in [1.807, 2.05) is 13.8 Å². The Hall–Kier alpha value is -2.14. The molecular formula is C19H26N4O. The molecule has 0 saturated heterocycles. The standard InChI is InChI=1S/C19H26N4O/c1-5-6-11-21-12-22(17-9-7-14(2)8-10-17)19-20-16(4)15(3)18(24)23(19)13-21/h7-10H,5-6,11-13H2,1-4H3. The van der Waals surface area contributed by atoms with E-state index in [9.17, 15) is 4.79 Å². The highest BCUT2D eigenvalue weighted by molar-refractivity contribution is 5.58. The lowest BCUT2D eigenvalue weighted by Crippen LogP contribution is -2.48. The summed E-state index contributed by atoms with van der Waals surface area (Å²) in [5.41, 5.74) is 3.91. The molecule has 0 bridgehead atoms. The average molecular weight is 326 g/mol. The van der Waals surface area contributed by atoms with Crippen molar-refractivity contribution in [3.05, 3.63) is 51.4 Å². The Labute approximate surface area is 143 Å². The summed E-state index contributed by atoms with van der Waals surface area (Å²) in [7, 11) is 0. The molecule has 0 amide bonds. The molecule has 0 fully saturated rings. The van der Waals surface area contributed by atoms with Crippen molar-refractivity contribution in [3.63, 3.8) is 0 Å². The maximum absolute atomic E-state index is 12.8. The Morgan fingerprint density at radius 2 is 1.79 bits per heavy atom. The number of unbranched alkanes of at least 4 members (excludes halogenated alkanes) is 1. The molecule has 5 heteroatoms. The SMILES string of the molecule is CCCCN1CN(c2ccc(C)cc2)c2nc(C)c(C)c(=O)n2C1. The molecule has 5 nitrogen and oxygen atoms in total. The van der Waals surface area contributed by atoms with Gasteiger partial charge >= 0.3 is 0 Å². The maximum Gasteiger partial charge on any atom is 0.259 e. The zero-order valence-corrected chi connectivity index (χ0v) is 15.0. The van der Waals surface area contributed by atoms with Gasteiger partial charge in [0.05, 0.1) is 13.3 Å². The van der Waals surface area contributed by atoms with Gasteiger partial charge in [-0.15, -0.1) is 0 Å². The third-order valence-electron chi connectivity index (χ3n) is 4.72. The zero-order chi connectivity index (χ0) is 17.3. The van der Waals surface area contributed by atoms with E-state index in [1.54, 1.807) is 4.57 Å². The number of benzene rings is 1. The van der Waals surface area contributed by atoms with Gasteiger partial charge in [0.2, 0.25) is 5.95 Å². The van der Waals surface area contributed by atoms with Crippen LogP contribution in [0.4, 0.5) is 11.6 Å². The van der Waals surface area contributed by atoms with Crippen LogP contribution in [0.15, 0.2) is 29.1 Å². The van der Waals surface area contributed by atoms with E-state index in [1.165, 1.54) is 5.56 Å². The molecule has 0 aliphatic carbocycles. The van der Waals surface area contributed by atoms with Gasteiger partial charge in [-0.25, -0.2) is 4.98 Å². The van der Waals surface area contributed by atoms with Crippen molar-refractivity contribution >= 4 is 11.6 Å². The van der Waals surface area contributed by atoms with Gasteiger partial charge in [0.15, 0.2) is 0 Å². The third-order valence-corrected chi connectivity index (χ3v) is 4.72. The lowest BCUT2D eigenvalue weighted by molar-refractivity contribution is 0.195. The molecule has 1 aliphatic rings. The predicted molar refractivity (Wildman–Crippen MR) is 97.8 cm³/mol. The van der Waals surface area contributed by atoms with Gasteiger partial charge in [-0.05, 0) is 39.3 Å². The fraction of sp³-hybridized carbons (Fsp3) is 0.474. The van der Waals surface area contributed by atoms with E-state index in [4.69, 9.17) is 4.98 Å². The highest BCUT2D eigenvalue weighted by Crippen LogP contribution is 2.27. The number of rotatable bonds is 4. The van der Waals surface area contributed by atoms with Crippen LogP contribution in [0, 0.1) is 20.8 Å². The van der Waals surface area contributed by atoms with Crippen LogP contribution in [-0.4, -0.2) is 27.7 Å². The number of hydrogen-bond acceptors (Lipinski definition) is 4. The molecular weight excluding hydrogens is 300 g/mol. The van der Waals surface area contributed by atoms with E-state index < -0.39 is 0 Å². The summed E-state index contributed by atoms with van der Waals surface area (Å²) in [4.78, 5) is 21.9. The van der Waals surface area contributed by atoms with Crippen molar-refractivity contribution in [1.82, 2.24) is 14.5 Å². The molecule has 2 aromatic rings. The number of fused-ring (bicyclic) bond motifs is 1. The predicted octanol–water partition coefficient (Wildman–Crippen LogP) is 3.34. The lowest BCUT2D eigenvalue weighted by Gasteiger charge is -2.38. The summed E-state index contributed by atoms with van der Waals surface area (Å²) in [6, 6.07) is 8.41. The van der Waals surface area contributed by atoms with Crippen molar-refractivity contribution in [1.29, 1.82) is 0 Å². The van der Waals surface area contributed by atoms with Crippen LogP contribution >= 0.6 is 0 Å². The maximum atomic E-state index is 12.8. The Bertz CT molecular complexity index is 779. The fourth-order valence-corrected chi connectivity index (χ4v) is 3.03. The van der Waals surface area contributed by atoms with Crippen LogP contribution in [0.25, 0.3) is 0 Å². The molecule has 1 aliphatic heterocycles. The second-order valence-corrected chi connectivity index (χ2v) is 6.65. The van der Waals surface area contributed by atoms with Crippen LogP contribution < -0.4 is 10.5 Å². The third kappa shape index (κ3) is 3.08. The van der Waals surface area contributed by atoms with Crippen molar-refractivity contribution in [3.8, 4) is 0 Å². The van der Waals surface area contributed by atoms with Crippen LogP contribution in [0.2, 0.25) is 0 Å². The van der Waals surface area contributed by atoms with Crippen molar-refractivity contribution in [2.75, 3.05) is 18.1 Å². The van der Waals surface area contributed by atoms with E-state index in [2.05, 4.69) is 47.9 Å². The van der Waals surface area contributed by atoms with E-state index in [0.29, 0.717) is 6.67 Å². The monoisotopic (exact) mass is 326 g/mol. The van der Waals surface area contributed by atoms with Gasteiger partial charge in [-0.2, -0.15) is 0 Å². The molecule has 0 N–H and O–H groups in total. The largest absolute Gasteiger partial charge is 0.298 e. The summed E-state index contributed by atoms with van der Waals surface area (Å²) in [6.45, 7) is 10.4. The van der Waals surface area contributed by atoms with Gasteiger partial charge in [-0.1, -0.05) is 31.0 Å². The van der Waals surface area contributed by atoms with Crippen molar-refractivity contribution in [2.45, 2.75) is 47.2 Å². The fourth-order valence-electron chi connectivity index (χ4n) is 3.03.